The van der Waals surface area contributed by atoms with Crippen LogP contribution in [0.2, 0.25) is 5.15 Å². The van der Waals surface area contributed by atoms with E-state index < -0.39 is 11.2 Å². The smallest absolute Gasteiger partial charge is 0.410 e. The molecule has 0 radical (unpaired) electrons. The van der Waals surface area contributed by atoms with Crippen molar-refractivity contribution in [1.82, 2.24) is 19.4 Å². The molecule has 0 unspecified atom stereocenters. The highest BCUT2D eigenvalue weighted by Crippen LogP contribution is 2.33. The predicted molar refractivity (Wildman–Crippen MR) is 131 cm³/mol. The Kier molecular flexibility index (Phi) is 6.56. The third-order valence-electron chi connectivity index (χ3n) is 6.17. The minimum absolute atomic E-state index is 0.329. The van der Waals surface area contributed by atoms with Gasteiger partial charge in [-0.15, -0.1) is 0 Å². The lowest BCUT2D eigenvalue weighted by Gasteiger charge is -2.39. The fourth-order valence-electron chi connectivity index (χ4n) is 4.43. The van der Waals surface area contributed by atoms with Crippen molar-refractivity contribution in [3.63, 3.8) is 0 Å². The molecule has 1 saturated heterocycles. The summed E-state index contributed by atoms with van der Waals surface area (Å²) < 4.78 is 7.63. The second-order valence-corrected chi connectivity index (χ2v) is 10.4. The van der Waals surface area contributed by atoms with E-state index in [1.807, 2.05) is 45.0 Å². The van der Waals surface area contributed by atoms with Crippen LogP contribution in [0.15, 0.2) is 24.3 Å². The molecule has 7 nitrogen and oxygen atoms in total. The molecule has 1 aromatic carbocycles. The molecule has 3 aromatic rings. The van der Waals surface area contributed by atoms with Crippen molar-refractivity contribution in [2.45, 2.75) is 77.5 Å². The molecule has 0 bridgehead atoms. The van der Waals surface area contributed by atoms with Gasteiger partial charge in [0.15, 0.2) is 5.15 Å². The van der Waals surface area contributed by atoms with Gasteiger partial charge in [0.1, 0.15) is 16.9 Å². The summed E-state index contributed by atoms with van der Waals surface area (Å²) in [6, 6.07) is 7.89. The first-order valence-corrected chi connectivity index (χ1v) is 12.1. The van der Waals surface area contributed by atoms with E-state index in [1.54, 1.807) is 4.90 Å². The number of benzene rings is 1. The van der Waals surface area contributed by atoms with Gasteiger partial charge in [-0.2, -0.15) is 0 Å². The summed E-state index contributed by atoms with van der Waals surface area (Å²) in [5, 5.41) is 12.9. The standard InChI is InChI=1S/C25H33ClN4O3/c1-5-6-11-19-28-20-21(17-9-7-8-10-18(17)27-22(20)26)30(19)16-25(32)12-14-29(15-13-25)23(31)33-24(2,3)4/h7-10,32H,5-6,11-16H2,1-4H3. The molecule has 0 atom stereocenters. The highest BCUT2D eigenvalue weighted by atomic mass is 35.5. The van der Waals surface area contributed by atoms with Crippen LogP contribution in [0.4, 0.5) is 4.79 Å². The molecule has 4 rings (SSSR count). The van der Waals surface area contributed by atoms with Gasteiger partial charge in [0.2, 0.25) is 0 Å². The van der Waals surface area contributed by atoms with Crippen molar-refractivity contribution in [1.29, 1.82) is 0 Å². The zero-order valence-electron chi connectivity index (χ0n) is 19.9. The minimum atomic E-state index is -0.954. The Bertz CT molecular complexity index is 1160. The first-order chi connectivity index (χ1) is 15.6. The van der Waals surface area contributed by atoms with E-state index in [-0.39, 0.29) is 6.09 Å². The Labute approximate surface area is 199 Å². The number of likely N-dealkylation sites (tertiary alicyclic amines) is 1. The molecule has 33 heavy (non-hydrogen) atoms. The van der Waals surface area contributed by atoms with Crippen LogP contribution in [0, 0.1) is 0 Å². The molecule has 2 aromatic heterocycles. The van der Waals surface area contributed by atoms with Crippen LogP contribution in [-0.4, -0.2) is 54.9 Å². The average Bonchev–Trinajstić information content (AvgIpc) is 3.10. The number of pyridine rings is 1. The summed E-state index contributed by atoms with van der Waals surface area (Å²) in [5.41, 5.74) is 0.911. The largest absolute Gasteiger partial charge is 0.444 e. The number of amides is 1. The molecule has 1 aliphatic rings. The highest BCUT2D eigenvalue weighted by molar-refractivity contribution is 6.35. The van der Waals surface area contributed by atoms with E-state index in [1.165, 1.54) is 0 Å². The number of hydrogen-bond donors (Lipinski definition) is 1. The van der Waals surface area contributed by atoms with Crippen molar-refractivity contribution in [3.05, 3.63) is 35.2 Å². The molecule has 0 saturated carbocycles. The molecule has 1 fully saturated rings. The number of ether oxygens (including phenoxy) is 1. The number of imidazole rings is 1. The number of fused-ring (bicyclic) bond motifs is 3. The summed E-state index contributed by atoms with van der Waals surface area (Å²) in [5.74, 6) is 0.912. The van der Waals surface area contributed by atoms with Gasteiger partial charge >= 0.3 is 6.09 Å². The number of piperidine rings is 1. The summed E-state index contributed by atoms with van der Waals surface area (Å²) in [6.45, 7) is 9.02. The molecule has 0 spiro atoms. The highest BCUT2D eigenvalue weighted by Gasteiger charge is 2.37. The van der Waals surface area contributed by atoms with Gasteiger partial charge in [-0.25, -0.2) is 14.8 Å². The van der Waals surface area contributed by atoms with E-state index in [4.69, 9.17) is 21.3 Å². The number of carbonyl (C=O) groups is 1. The van der Waals surface area contributed by atoms with E-state index in [2.05, 4.69) is 16.5 Å². The molecule has 178 valence electrons. The third kappa shape index (κ3) is 5.09. The predicted octanol–water partition coefficient (Wildman–Crippen LogP) is 5.34. The number of para-hydroxylation sites is 1. The topological polar surface area (TPSA) is 80.5 Å². The molecular weight excluding hydrogens is 440 g/mol. The number of aliphatic hydroxyl groups is 1. The first kappa shape index (κ1) is 23.8. The van der Waals surface area contributed by atoms with Crippen molar-refractivity contribution in [2.24, 2.45) is 0 Å². The Morgan fingerprint density at radius 2 is 1.91 bits per heavy atom. The van der Waals surface area contributed by atoms with Crippen LogP contribution in [0.3, 0.4) is 0 Å². The van der Waals surface area contributed by atoms with Crippen molar-refractivity contribution >= 4 is 39.6 Å². The SMILES string of the molecule is CCCCc1nc2c(Cl)nc3ccccc3c2n1CC1(O)CCN(C(=O)OC(C)(C)C)CC1. The van der Waals surface area contributed by atoms with Crippen molar-refractivity contribution < 1.29 is 14.6 Å². The van der Waals surface area contributed by atoms with Crippen LogP contribution in [0.1, 0.15) is 59.2 Å². The van der Waals surface area contributed by atoms with Crippen LogP contribution in [-0.2, 0) is 17.7 Å². The van der Waals surface area contributed by atoms with Gasteiger partial charge in [-0.1, -0.05) is 43.1 Å². The zero-order chi connectivity index (χ0) is 23.8. The van der Waals surface area contributed by atoms with E-state index >= 15 is 0 Å². The molecule has 8 heteroatoms. The van der Waals surface area contributed by atoms with Gasteiger partial charge in [0.05, 0.1) is 23.2 Å². The molecular formula is C25H33ClN4O3. The number of halogens is 1. The van der Waals surface area contributed by atoms with Gasteiger partial charge in [-0.05, 0) is 46.1 Å². The van der Waals surface area contributed by atoms with Crippen molar-refractivity contribution in [3.8, 4) is 0 Å². The number of hydrogen-bond acceptors (Lipinski definition) is 5. The molecule has 1 aliphatic heterocycles. The fraction of sp³-hybridized carbons (Fsp3) is 0.560. The Hall–Kier alpha value is -2.38. The van der Waals surface area contributed by atoms with Crippen LogP contribution >= 0.6 is 11.6 Å². The van der Waals surface area contributed by atoms with E-state index in [0.29, 0.717) is 43.1 Å². The Morgan fingerprint density at radius 3 is 2.58 bits per heavy atom. The van der Waals surface area contributed by atoms with Gasteiger partial charge in [-0.3, -0.25) is 0 Å². The average molecular weight is 473 g/mol. The van der Waals surface area contributed by atoms with Gasteiger partial charge < -0.3 is 19.3 Å². The fourth-order valence-corrected chi connectivity index (χ4v) is 4.65. The normalized spacial score (nSPS) is 16.5. The number of nitrogens with zero attached hydrogens (tertiary/aromatic N) is 4. The second-order valence-electron chi connectivity index (χ2n) is 10.0. The lowest BCUT2D eigenvalue weighted by Crippen LogP contribution is -2.49. The molecule has 0 aliphatic carbocycles. The lowest BCUT2D eigenvalue weighted by atomic mass is 9.91. The number of carbonyl (C=O) groups excluding carboxylic acids is 1. The summed E-state index contributed by atoms with van der Waals surface area (Å²) in [4.78, 5) is 23.5. The number of aromatic nitrogens is 3. The molecule has 1 amide bonds. The summed E-state index contributed by atoms with van der Waals surface area (Å²) in [7, 11) is 0. The van der Waals surface area contributed by atoms with Crippen LogP contribution in [0.25, 0.3) is 21.9 Å². The first-order valence-electron chi connectivity index (χ1n) is 11.7. The van der Waals surface area contributed by atoms with Crippen LogP contribution in [0.5, 0.6) is 0 Å². The monoisotopic (exact) mass is 472 g/mol. The minimum Gasteiger partial charge on any atom is -0.444 e. The second kappa shape index (κ2) is 9.11. The Morgan fingerprint density at radius 1 is 1.21 bits per heavy atom. The third-order valence-corrected chi connectivity index (χ3v) is 6.44. The maximum atomic E-state index is 12.5. The Balaban J connectivity index is 1.66. The quantitative estimate of drug-likeness (QED) is 0.507. The maximum Gasteiger partial charge on any atom is 0.410 e. The van der Waals surface area contributed by atoms with E-state index in [9.17, 15) is 9.90 Å². The number of aryl methyl sites for hydroxylation is 1. The zero-order valence-corrected chi connectivity index (χ0v) is 20.7. The summed E-state index contributed by atoms with van der Waals surface area (Å²) in [6.07, 6.45) is 3.45. The lowest BCUT2D eigenvalue weighted by molar-refractivity contribution is -0.0412. The number of unbranched alkanes of at least 4 members (excludes halogenated alkanes) is 1. The summed E-state index contributed by atoms with van der Waals surface area (Å²) >= 11 is 6.53. The molecule has 3 heterocycles. The van der Waals surface area contributed by atoms with Crippen molar-refractivity contribution in [2.75, 3.05) is 13.1 Å². The van der Waals surface area contributed by atoms with Gasteiger partial charge in [0.25, 0.3) is 0 Å². The maximum absolute atomic E-state index is 12.5. The molecule has 1 N–H and O–H groups in total. The van der Waals surface area contributed by atoms with Crippen LogP contribution < -0.4 is 0 Å². The number of rotatable bonds is 5. The van der Waals surface area contributed by atoms with Gasteiger partial charge in [0, 0.05) is 24.9 Å². The van der Waals surface area contributed by atoms with E-state index in [0.717, 1.165) is 41.5 Å².